The molecule has 1 saturated carbocycles. The zero-order valence-corrected chi connectivity index (χ0v) is 11.6. The van der Waals surface area contributed by atoms with Gasteiger partial charge in [0.2, 0.25) is 0 Å². The van der Waals surface area contributed by atoms with Gasteiger partial charge in [0.05, 0.1) is 6.10 Å². The zero-order chi connectivity index (χ0) is 12.3. The van der Waals surface area contributed by atoms with Crippen molar-refractivity contribution in [2.75, 3.05) is 20.2 Å². The smallest absolute Gasteiger partial charge is 0.0724 e. The van der Waals surface area contributed by atoms with Crippen molar-refractivity contribution in [3.8, 4) is 0 Å². The standard InChI is InChI=1S/C14H28N2O/c1-14(2)8-5-9-15-13(14)10-16-11-6-4-7-12(11)17-3/h11-13,15-16H,4-10H2,1-3H3. The molecule has 1 aliphatic heterocycles. The minimum absolute atomic E-state index is 0.423. The van der Waals surface area contributed by atoms with E-state index in [2.05, 4.69) is 24.5 Å². The fourth-order valence-electron chi connectivity index (χ4n) is 3.33. The van der Waals surface area contributed by atoms with E-state index in [0.717, 1.165) is 6.54 Å². The summed E-state index contributed by atoms with van der Waals surface area (Å²) in [5, 5.41) is 7.38. The molecule has 2 fully saturated rings. The van der Waals surface area contributed by atoms with E-state index >= 15 is 0 Å². The van der Waals surface area contributed by atoms with Crippen molar-refractivity contribution in [2.45, 2.75) is 64.1 Å². The monoisotopic (exact) mass is 240 g/mol. The van der Waals surface area contributed by atoms with E-state index in [1.54, 1.807) is 0 Å². The Kier molecular flexibility index (Phi) is 4.45. The summed E-state index contributed by atoms with van der Waals surface area (Å²) in [6.45, 7) is 7.02. The second-order valence-corrected chi connectivity index (χ2v) is 6.32. The lowest BCUT2D eigenvalue weighted by Crippen LogP contribution is -2.54. The molecule has 2 aliphatic rings. The molecule has 0 aromatic rings. The second kappa shape index (κ2) is 5.68. The van der Waals surface area contributed by atoms with Gasteiger partial charge in [-0.15, -0.1) is 0 Å². The molecule has 1 heterocycles. The number of methoxy groups -OCH3 is 1. The largest absolute Gasteiger partial charge is 0.380 e. The second-order valence-electron chi connectivity index (χ2n) is 6.32. The number of hydrogen-bond donors (Lipinski definition) is 2. The Morgan fingerprint density at radius 3 is 2.82 bits per heavy atom. The van der Waals surface area contributed by atoms with Crippen LogP contribution >= 0.6 is 0 Å². The average molecular weight is 240 g/mol. The molecule has 2 rings (SSSR count). The SMILES string of the molecule is COC1CCCC1NCC1NCCCC1(C)C. The molecule has 1 aliphatic carbocycles. The van der Waals surface area contributed by atoms with E-state index in [1.165, 1.54) is 38.6 Å². The topological polar surface area (TPSA) is 33.3 Å². The van der Waals surface area contributed by atoms with E-state index in [4.69, 9.17) is 4.74 Å². The first-order valence-electron chi connectivity index (χ1n) is 7.13. The van der Waals surface area contributed by atoms with Crippen LogP contribution in [0.25, 0.3) is 0 Å². The van der Waals surface area contributed by atoms with Gasteiger partial charge in [0.15, 0.2) is 0 Å². The third-order valence-corrected chi connectivity index (χ3v) is 4.67. The first kappa shape index (κ1) is 13.3. The molecule has 3 unspecified atom stereocenters. The van der Waals surface area contributed by atoms with Gasteiger partial charge < -0.3 is 15.4 Å². The molecule has 3 heteroatoms. The van der Waals surface area contributed by atoms with E-state index in [0.29, 0.717) is 23.6 Å². The van der Waals surface area contributed by atoms with Crippen LogP contribution in [0.1, 0.15) is 46.0 Å². The van der Waals surface area contributed by atoms with Crippen molar-refractivity contribution in [1.82, 2.24) is 10.6 Å². The fraction of sp³-hybridized carbons (Fsp3) is 1.00. The van der Waals surface area contributed by atoms with Crippen molar-refractivity contribution in [2.24, 2.45) is 5.41 Å². The number of piperidine rings is 1. The maximum atomic E-state index is 5.53. The predicted octanol–water partition coefficient (Wildman–Crippen LogP) is 1.92. The van der Waals surface area contributed by atoms with E-state index < -0.39 is 0 Å². The Labute approximate surface area is 106 Å². The van der Waals surface area contributed by atoms with Gasteiger partial charge in [0.25, 0.3) is 0 Å². The molecule has 1 saturated heterocycles. The molecule has 3 atom stereocenters. The van der Waals surface area contributed by atoms with Crippen LogP contribution in [0, 0.1) is 5.41 Å². The van der Waals surface area contributed by atoms with Gasteiger partial charge >= 0.3 is 0 Å². The maximum Gasteiger partial charge on any atom is 0.0724 e. The molecule has 0 bridgehead atoms. The summed E-state index contributed by atoms with van der Waals surface area (Å²) < 4.78 is 5.53. The fourth-order valence-corrected chi connectivity index (χ4v) is 3.33. The Morgan fingerprint density at radius 1 is 1.29 bits per heavy atom. The summed E-state index contributed by atoms with van der Waals surface area (Å²) in [7, 11) is 1.84. The van der Waals surface area contributed by atoms with E-state index in [9.17, 15) is 0 Å². The van der Waals surface area contributed by atoms with Gasteiger partial charge in [0.1, 0.15) is 0 Å². The van der Waals surface area contributed by atoms with Gasteiger partial charge in [-0.25, -0.2) is 0 Å². The summed E-state index contributed by atoms with van der Waals surface area (Å²) in [6, 6.07) is 1.17. The lowest BCUT2D eigenvalue weighted by Gasteiger charge is -2.40. The van der Waals surface area contributed by atoms with Crippen LogP contribution in [0.3, 0.4) is 0 Å². The van der Waals surface area contributed by atoms with Crippen molar-refractivity contribution < 1.29 is 4.74 Å². The number of rotatable bonds is 4. The predicted molar refractivity (Wildman–Crippen MR) is 71.2 cm³/mol. The molecule has 2 N–H and O–H groups in total. The summed E-state index contributed by atoms with van der Waals surface area (Å²) in [5.41, 5.74) is 0.423. The molecule has 0 spiro atoms. The minimum Gasteiger partial charge on any atom is -0.380 e. The number of nitrogens with one attached hydrogen (secondary N) is 2. The van der Waals surface area contributed by atoms with E-state index in [-0.39, 0.29) is 0 Å². The van der Waals surface area contributed by atoms with Crippen molar-refractivity contribution in [3.05, 3.63) is 0 Å². The van der Waals surface area contributed by atoms with Crippen molar-refractivity contribution in [3.63, 3.8) is 0 Å². The summed E-state index contributed by atoms with van der Waals surface area (Å²) >= 11 is 0. The van der Waals surface area contributed by atoms with Crippen LogP contribution in [-0.4, -0.2) is 38.4 Å². The molecule has 0 amide bonds. The lowest BCUT2D eigenvalue weighted by molar-refractivity contribution is 0.0800. The zero-order valence-electron chi connectivity index (χ0n) is 11.6. The molecule has 100 valence electrons. The van der Waals surface area contributed by atoms with Crippen LogP contribution in [-0.2, 0) is 4.74 Å². The van der Waals surface area contributed by atoms with Gasteiger partial charge in [-0.1, -0.05) is 13.8 Å². The summed E-state index contributed by atoms with van der Waals surface area (Å²) in [4.78, 5) is 0. The number of ether oxygens (including phenoxy) is 1. The quantitative estimate of drug-likeness (QED) is 0.787. The van der Waals surface area contributed by atoms with Gasteiger partial charge in [0, 0.05) is 25.7 Å². The normalized spacial score (nSPS) is 37.2. The van der Waals surface area contributed by atoms with Crippen molar-refractivity contribution in [1.29, 1.82) is 0 Å². The number of hydrogen-bond acceptors (Lipinski definition) is 3. The first-order valence-corrected chi connectivity index (χ1v) is 7.13. The molecule has 17 heavy (non-hydrogen) atoms. The minimum atomic E-state index is 0.423. The maximum absolute atomic E-state index is 5.53. The lowest BCUT2D eigenvalue weighted by atomic mass is 9.77. The molecule has 3 nitrogen and oxygen atoms in total. The third-order valence-electron chi connectivity index (χ3n) is 4.67. The summed E-state index contributed by atoms with van der Waals surface area (Å²) in [5.74, 6) is 0. The first-order chi connectivity index (χ1) is 8.13. The molecular weight excluding hydrogens is 212 g/mol. The molecule has 0 aromatic heterocycles. The van der Waals surface area contributed by atoms with Gasteiger partial charge in [-0.05, 0) is 44.1 Å². The Balaban J connectivity index is 1.80. The van der Waals surface area contributed by atoms with Crippen LogP contribution < -0.4 is 10.6 Å². The highest BCUT2D eigenvalue weighted by Gasteiger charge is 2.33. The Hall–Kier alpha value is -0.120. The van der Waals surface area contributed by atoms with Crippen LogP contribution in [0.15, 0.2) is 0 Å². The highest BCUT2D eigenvalue weighted by molar-refractivity contribution is 4.92. The van der Waals surface area contributed by atoms with Crippen molar-refractivity contribution >= 4 is 0 Å². The van der Waals surface area contributed by atoms with Crippen LogP contribution in [0.4, 0.5) is 0 Å². The van der Waals surface area contributed by atoms with E-state index in [1.807, 2.05) is 7.11 Å². The molecule has 0 radical (unpaired) electrons. The van der Waals surface area contributed by atoms with Gasteiger partial charge in [-0.3, -0.25) is 0 Å². The average Bonchev–Trinajstić information content (AvgIpc) is 2.74. The van der Waals surface area contributed by atoms with Crippen LogP contribution in [0.2, 0.25) is 0 Å². The molecule has 0 aromatic carbocycles. The Bertz CT molecular complexity index is 242. The molecular formula is C14H28N2O. The summed E-state index contributed by atoms with van der Waals surface area (Å²) in [6.07, 6.45) is 6.87. The Morgan fingerprint density at radius 2 is 2.12 bits per heavy atom. The van der Waals surface area contributed by atoms with Crippen LogP contribution in [0.5, 0.6) is 0 Å². The van der Waals surface area contributed by atoms with Gasteiger partial charge in [-0.2, -0.15) is 0 Å². The highest BCUT2D eigenvalue weighted by Crippen LogP contribution is 2.30. The third kappa shape index (κ3) is 3.21. The highest BCUT2D eigenvalue weighted by atomic mass is 16.5.